The molecule has 1 aromatic heterocycles. The first kappa shape index (κ1) is 22.9. The Bertz CT molecular complexity index is 1280. The van der Waals surface area contributed by atoms with Crippen LogP contribution in [-0.4, -0.2) is 31.6 Å². The molecule has 0 spiro atoms. The number of aromatic nitrogens is 2. The van der Waals surface area contributed by atoms with Gasteiger partial charge in [-0.05, 0) is 60.7 Å². The van der Waals surface area contributed by atoms with Gasteiger partial charge in [0.15, 0.2) is 0 Å². The van der Waals surface area contributed by atoms with Crippen molar-refractivity contribution in [1.29, 1.82) is 0 Å². The lowest BCUT2D eigenvalue weighted by Gasteiger charge is -2.26. The highest BCUT2D eigenvalue weighted by atomic mass is 35.5. The second-order valence-electron chi connectivity index (χ2n) is 7.08. The normalized spacial score (nSPS) is 15.8. The van der Waals surface area contributed by atoms with E-state index < -0.39 is 15.9 Å². The molecule has 1 atom stereocenters. The van der Waals surface area contributed by atoms with Crippen molar-refractivity contribution in [3.63, 3.8) is 0 Å². The summed E-state index contributed by atoms with van der Waals surface area (Å²) in [6.07, 6.45) is 2.36. The highest BCUT2D eigenvalue weighted by Crippen LogP contribution is 2.34. The van der Waals surface area contributed by atoms with Gasteiger partial charge in [-0.1, -0.05) is 40.6 Å². The highest BCUT2D eigenvalue weighted by molar-refractivity contribution is 7.91. The fourth-order valence-electron chi connectivity index (χ4n) is 3.48. The first-order valence-corrected chi connectivity index (χ1v) is 12.6. The number of anilines is 1. The van der Waals surface area contributed by atoms with E-state index in [1.807, 2.05) is 18.2 Å². The number of amides is 1. The summed E-state index contributed by atoms with van der Waals surface area (Å²) >= 11 is 12.6. The van der Waals surface area contributed by atoms with Crippen LogP contribution >= 0.6 is 34.5 Å². The van der Waals surface area contributed by atoms with Crippen LogP contribution in [0.5, 0.6) is 5.75 Å². The van der Waals surface area contributed by atoms with Crippen LogP contribution < -0.4 is 14.8 Å². The minimum Gasteiger partial charge on any atom is -0.497 e. The van der Waals surface area contributed by atoms with Gasteiger partial charge in [0.1, 0.15) is 5.75 Å². The van der Waals surface area contributed by atoms with Crippen molar-refractivity contribution >= 4 is 55.6 Å². The van der Waals surface area contributed by atoms with Crippen LogP contribution in [0, 0.1) is 0 Å². The van der Waals surface area contributed by atoms with Gasteiger partial charge >= 0.3 is 0 Å². The molecule has 0 fully saturated rings. The molecule has 0 saturated carbocycles. The largest absolute Gasteiger partial charge is 0.497 e. The van der Waals surface area contributed by atoms with Gasteiger partial charge in [0.05, 0.1) is 17.7 Å². The Hall–Kier alpha value is -2.24. The molecule has 0 radical (unpaired) electrons. The quantitative estimate of drug-likeness (QED) is 0.471. The second-order valence-corrected chi connectivity index (χ2v) is 10.8. The molecule has 2 N–H and O–H groups in total. The van der Waals surface area contributed by atoms with Gasteiger partial charge in [-0.2, -0.15) is 0 Å². The van der Waals surface area contributed by atoms with Gasteiger partial charge in [-0.25, -0.2) is 13.1 Å². The maximum Gasteiger partial charge on any atom is 0.270 e. The predicted octanol–water partition coefficient (Wildman–Crippen LogP) is 4.46. The molecule has 168 valence electrons. The molecule has 1 aliphatic rings. The Morgan fingerprint density at radius 2 is 2.00 bits per heavy atom. The smallest absolute Gasteiger partial charge is 0.270 e. The lowest BCUT2D eigenvalue weighted by molar-refractivity contribution is 0.102. The minimum atomic E-state index is -3.94. The molecule has 1 amide bonds. The van der Waals surface area contributed by atoms with Crippen LogP contribution in [0.25, 0.3) is 0 Å². The number of carbonyl (C=O) groups is 1. The Morgan fingerprint density at radius 1 is 1.19 bits per heavy atom. The van der Waals surface area contributed by atoms with Crippen molar-refractivity contribution in [2.75, 3.05) is 12.4 Å². The van der Waals surface area contributed by atoms with Crippen LogP contribution in [-0.2, 0) is 16.4 Å². The molecular weight excluding hydrogens is 495 g/mol. The number of methoxy groups -OCH3 is 1. The van der Waals surface area contributed by atoms with Crippen LogP contribution in [0.2, 0.25) is 10.0 Å². The Morgan fingerprint density at radius 3 is 2.75 bits per heavy atom. The molecule has 0 aliphatic heterocycles. The van der Waals surface area contributed by atoms with E-state index >= 15 is 0 Å². The number of rotatable bonds is 6. The average Bonchev–Trinajstić information content (AvgIpc) is 3.22. The minimum absolute atomic E-state index is 0.0372. The molecule has 1 aliphatic carbocycles. The number of carbonyl (C=O) groups excluding carboxylic acids is 1. The number of halogens is 2. The number of fused-ring (bicyclic) bond motifs is 1. The third-order valence-electron chi connectivity index (χ3n) is 4.99. The van der Waals surface area contributed by atoms with E-state index in [1.54, 1.807) is 7.11 Å². The fraction of sp³-hybridized carbons (Fsp3) is 0.250. The van der Waals surface area contributed by atoms with E-state index in [0.29, 0.717) is 11.4 Å². The lowest BCUT2D eigenvalue weighted by atomic mass is 9.88. The molecule has 0 unspecified atom stereocenters. The fourth-order valence-corrected chi connectivity index (χ4v) is 6.14. The van der Waals surface area contributed by atoms with Gasteiger partial charge in [-0.3, -0.25) is 10.1 Å². The van der Waals surface area contributed by atoms with E-state index in [0.717, 1.165) is 41.1 Å². The molecule has 0 saturated heterocycles. The maximum absolute atomic E-state index is 12.9. The number of hydrogen-bond acceptors (Lipinski definition) is 7. The molecule has 4 rings (SSSR count). The van der Waals surface area contributed by atoms with Gasteiger partial charge in [-0.15, -0.1) is 10.2 Å². The van der Waals surface area contributed by atoms with Gasteiger partial charge in [0.25, 0.3) is 15.9 Å². The molecule has 12 heteroatoms. The van der Waals surface area contributed by atoms with Crippen molar-refractivity contribution in [3.8, 4) is 5.75 Å². The summed E-state index contributed by atoms with van der Waals surface area (Å²) in [5, 5.41) is 10.7. The maximum atomic E-state index is 12.9. The number of nitrogens with one attached hydrogen (secondary N) is 2. The molecular formula is C20H18Cl2N4O4S2. The first-order valence-electron chi connectivity index (χ1n) is 9.56. The van der Waals surface area contributed by atoms with Gasteiger partial charge in [0, 0.05) is 11.1 Å². The summed E-state index contributed by atoms with van der Waals surface area (Å²) in [4.78, 5) is 12.4. The first-order chi connectivity index (χ1) is 15.3. The van der Waals surface area contributed by atoms with Crippen molar-refractivity contribution in [3.05, 3.63) is 63.1 Å². The van der Waals surface area contributed by atoms with Crippen molar-refractivity contribution in [2.45, 2.75) is 29.6 Å². The number of aryl methyl sites for hydroxylation is 1. The summed E-state index contributed by atoms with van der Waals surface area (Å²) in [6, 6.07) is 9.67. The van der Waals surface area contributed by atoms with Crippen molar-refractivity contribution < 1.29 is 17.9 Å². The zero-order chi connectivity index (χ0) is 22.9. The third kappa shape index (κ3) is 4.89. The van der Waals surface area contributed by atoms with Crippen LogP contribution in [0.4, 0.5) is 5.13 Å². The standard InChI is InChI=1S/C20H18Cl2N4O4S2/c1-30-13-6-8-14-11(9-13)3-2-4-17(14)26-32(28,29)20-25-24-19(31-20)23-18(27)15-7-5-12(21)10-16(15)22/h5-10,17,26H,2-4H2,1H3,(H,23,24,27)/t17-/m0/s1. The Labute approximate surface area is 199 Å². The zero-order valence-electron chi connectivity index (χ0n) is 16.8. The van der Waals surface area contributed by atoms with Crippen LogP contribution in [0.15, 0.2) is 40.7 Å². The third-order valence-corrected chi connectivity index (χ3v) is 8.22. The van der Waals surface area contributed by atoms with E-state index in [-0.39, 0.29) is 26.1 Å². The van der Waals surface area contributed by atoms with E-state index in [2.05, 4.69) is 20.2 Å². The lowest BCUT2D eigenvalue weighted by Crippen LogP contribution is -2.31. The van der Waals surface area contributed by atoms with Gasteiger partial charge in [0.2, 0.25) is 9.47 Å². The summed E-state index contributed by atoms with van der Waals surface area (Å²) in [5.74, 6) is 0.187. The molecule has 0 bridgehead atoms. The molecule has 8 nitrogen and oxygen atoms in total. The highest BCUT2D eigenvalue weighted by Gasteiger charge is 2.29. The van der Waals surface area contributed by atoms with Crippen molar-refractivity contribution in [2.24, 2.45) is 0 Å². The number of sulfonamides is 1. The zero-order valence-corrected chi connectivity index (χ0v) is 19.9. The Balaban J connectivity index is 1.50. The van der Waals surface area contributed by atoms with E-state index in [4.69, 9.17) is 27.9 Å². The Kier molecular flexibility index (Phi) is 6.68. The van der Waals surface area contributed by atoms with Crippen molar-refractivity contribution in [1.82, 2.24) is 14.9 Å². The predicted molar refractivity (Wildman–Crippen MR) is 123 cm³/mol. The van der Waals surface area contributed by atoms with Crippen LogP contribution in [0.3, 0.4) is 0 Å². The molecule has 32 heavy (non-hydrogen) atoms. The second kappa shape index (κ2) is 9.32. The summed E-state index contributed by atoms with van der Waals surface area (Å²) in [7, 11) is -2.35. The monoisotopic (exact) mass is 512 g/mol. The number of hydrogen-bond donors (Lipinski definition) is 2. The topological polar surface area (TPSA) is 110 Å². The number of benzene rings is 2. The number of nitrogens with zero attached hydrogens (tertiary/aromatic N) is 2. The summed E-state index contributed by atoms with van der Waals surface area (Å²) in [6.45, 7) is 0. The molecule has 2 aromatic carbocycles. The number of ether oxygens (including phenoxy) is 1. The van der Waals surface area contributed by atoms with E-state index in [1.165, 1.54) is 18.2 Å². The average molecular weight is 513 g/mol. The summed E-state index contributed by atoms with van der Waals surface area (Å²) in [5.41, 5.74) is 2.15. The SMILES string of the molecule is COc1ccc2c(c1)CCC[C@@H]2NS(=O)(=O)c1nnc(NC(=O)c2ccc(Cl)cc2Cl)s1. The molecule has 3 aromatic rings. The van der Waals surface area contributed by atoms with Crippen LogP contribution in [0.1, 0.15) is 40.4 Å². The van der Waals surface area contributed by atoms with E-state index in [9.17, 15) is 13.2 Å². The summed E-state index contributed by atoms with van der Waals surface area (Å²) < 4.78 is 33.6. The molecule has 1 heterocycles. The van der Waals surface area contributed by atoms with Gasteiger partial charge < -0.3 is 4.74 Å².